The second kappa shape index (κ2) is 9.80. The third kappa shape index (κ3) is 4.28. The van der Waals surface area contributed by atoms with Crippen molar-refractivity contribution in [3.05, 3.63) is 100 Å². The van der Waals surface area contributed by atoms with Crippen LogP contribution in [-0.2, 0) is 16.0 Å². The summed E-state index contributed by atoms with van der Waals surface area (Å²) in [6.07, 6.45) is 4.24. The standard InChI is InChI=1S/C27H19Cl2FN4O3/c1-2-6-21-22(26(36)34(31-21)18-11-12-19(28)20(29)15-18)23-24(32-13-4-3-5-14-32)27(37)33(25(23)35)17-9-7-16(30)8-10-17/h3-5,7-15H,2,6H2,1H3. The highest BCUT2D eigenvalue weighted by molar-refractivity contribution is 6.53. The van der Waals surface area contributed by atoms with E-state index in [4.69, 9.17) is 23.2 Å². The van der Waals surface area contributed by atoms with E-state index < -0.39 is 23.5 Å². The summed E-state index contributed by atoms with van der Waals surface area (Å²) in [7, 11) is 0. The first-order valence-corrected chi connectivity index (χ1v) is 12.2. The fourth-order valence-corrected chi connectivity index (χ4v) is 4.55. The number of benzene rings is 2. The number of nitrogens with zero attached hydrogens (tertiary/aromatic N) is 4. The first-order chi connectivity index (χ1) is 17.8. The number of aryl methyl sites for hydroxylation is 1. The van der Waals surface area contributed by atoms with Crippen LogP contribution in [0, 0.1) is 5.82 Å². The number of aromatic nitrogens is 3. The molecule has 0 atom stereocenters. The van der Waals surface area contributed by atoms with E-state index in [1.54, 1.807) is 42.7 Å². The lowest BCUT2D eigenvalue weighted by atomic mass is 10.0. The highest BCUT2D eigenvalue weighted by Gasteiger charge is 2.47. The monoisotopic (exact) mass is 536 g/mol. The molecule has 1 aliphatic rings. The van der Waals surface area contributed by atoms with Gasteiger partial charge in [-0.2, -0.15) is 9.67 Å². The Morgan fingerprint density at radius 1 is 0.946 bits per heavy atom. The second-order valence-electron chi connectivity index (χ2n) is 8.32. The van der Waals surface area contributed by atoms with Gasteiger partial charge in [-0.25, -0.2) is 14.0 Å². The van der Waals surface area contributed by atoms with E-state index in [1.165, 1.54) is 22.8 Å². The lowest BCUT2D eigenvalue weighted by Gasteiger charge is -2.16. The molecule has 7 nitrogen and oxygen atoms in total. The minimum Gasteiger partial charge on any atom is -0.858 e. The average Bonchev–Trinajstić information content (AvgIpc) is 3.34. The first-order valence-electron chi connectivity index (χ1n) is 11.4. The number of anilines is 1. The Morgan fingerprint density at radius 2 is 1.62 bits per heavy atom. The Hall–Kier alpha value is -4.01. The summed E-state index contributed by atoms with van der Waals surface area (Å²) < 4.78 is 16.2. The maximum absolute atomic E-state index is 13.9. The van der Waals surface area contributed by atoms with E-state index in [1.807, 2.05) is 6.92 Å². The van der Waals surface area contributed by atoms with Crippen molar-refractivity contribution in [1.29, 1.82) is 0 Å². The number of carbonyl (C=O) groups is 2. The summed E-state index contributed by atoms with van der Waals surface area (Å²) >= 11 is 12.2. The summed E-state index contributed by atoms with van der Waals surface area (Å²) in [5, 5.41) is 18.9. The van der Waals surface area contributed by atoms with Crippen LogP contribution in [0.3, 0.4) is 0 Å². The van der Waals surface area contributed by atoms with Crippen LogP contribution in [0.5, 0.6) is 5.88 Å². The third-order valence-electron chi connectivity index (χ3n) is 5.92. The molecular formula is C27H19Cl2FN4O3. The maximum atomic E-state index is 13.9. The smallest absolute Gasteiger partial charge is 0.331 e. The quantitative estimate of drug-likeness (QED) is 0.267. The molecule has 3 heterocycles. The molecule has 0 radical (unpaired) electrons. The van der Waals surface area contributed by atoms with E-state index in [0.717, 1.165) is 21.7 Å². The van der Waals surface area contributed by atoms with Gasteiger partial charge in [-0.15, -0.1) is 0 Å². The molecule has 0 aliphatic carbocycles. The van der Waals surface area contributed by atoms with Crippen molar-refractivity contribution >= 4 is 52.0 Å². The number of amides is 2. The van der Waals surface area contributed by atoms with Crippen LogP contribution in [0.1, 0.15) is 24.6 Å². The van der Waals surface area contributed by atoms with Gasteiger partial charge < -0.3 is 5.11 Å². The molecule has 37 heavy (non-hydrogen) atoms. The van der Waals surface area contributed by atoms with E-state index in [2.05, 4.69) is 5.10 Å². The summed E-state index contributed by atoms with van der Waals surface area (Å²) in [4.78, 5) is 28.5. The largest absolute Gasteiger partial charge is 0.858 e. The summed E-state index contributed by atoms with van der Waals surface area (Å²) in [6.45, 7) is 1.92. The molecule has 1 aliphatic heterocycles. The van der Waals surface area contributed by atoms with Gasteiger partial charge in [0.15, 0.2) is 12.4 Å². The minimum atomic E-state index is -0.703. The zero-order valence-electron chi connectivity index (χ0n) is 19.5. The van der Waals surface area contributed by atoms with Crippen LogP contribution in [0.15, 0.2) is 73.1 Å². The zero-order chi connectivity index (χ0) is 26.3. The second-order valence-corrected chi connectivity index (χ2v) is 9.13. The van der Waals surface area contributed by atoms with Gasteiger partial charge >= 0.3 is 5.91 Å². The number of hydrogen-bond donors (Lipinski definition) is 0. The molecule has 2 aromatic carbocycles. The van der Waals surface area contributed by atoms with Gasteiger partial charge in [0.1, 0.15) is 11.4 Å². The summed E-state index contributed by atoms with van der Waals surface area (Å²) in [5.74, 6) is -2.44. The van der Waals surface area contributed by atoms with E-state index in [9.17, 15) is 19.1 Å². The van der Waals surface area contributed by atoms with Crippen molar-refractivity contribution in [2.24, 2.45) is 0 Å². The molecule has 0 bridgehead atoms. The van der Waals surface area contributed by atoms with Crippen LogP contribution in [0.2, 0.25) is 10.0 Å². The topological polar surface area (TPSA) is 82.1 Å². The highest BCUT2D eigenvalue weighted by Crippen LogP contribution is 2.39. The molecular weight excluding hydrogens is 518 g/mol. The highest BCUT2D eigenvalue weighted by atomic mass is 35.5. The number of hydrogen-bond acceptors (Lipinski definition) is 4. The predicted octanol–water partition coefficient (Wildman–Crippen LogP) is 4.57. The number of pyridine rings is 1. The van der Waals surface area contributed by atoms with Gasteiger partial charge in [0.05, 0.1) is 27.1 Å². The normalized spacial score (nSPS) is 13.7. The van der Waals surface area contributed by atoms with Crippen molar-refractivity contribution in [1.82, 2.24) is 9.78 Å². The Labute approximate surface area is 221 Å². The molecule has 2 amide bonds. The van der Waals surface area contributed by atoms with Gasteiger partial charge in [-0.1, -0.05) is 42.6 Å². The number of rotatable bonds is 6. The van der Waals surface area contributed by atoms with Crippen molar-refractivity contribution < 1.29 is 23.7 Å². The van der Waals surface area contributed by atoms with Crippen molar-refractivity contribution in [3.8, 4) is 11.6 Å². The van der Waals surface area contributed by atoms with Crippen LogP contribution in [-0.4, -0.2) is 21.6 Å². The molecule has 0 saturated heterocycles. The molecule has 0 unspecified atom stereocenters. The Bertz CT molecular complexity index is 1570. The number of halogens is 3. The van der Waals surface area contributed by atoms with Crippen molar-refractivity contribution in [2.45, 2.75) is 19.8 Å². The molecule has 4 aromatic rings. The molecule has 10 heteroatoms. The van der Waals surface area contributed by atoms with Gasteiger partial charge in [-0.3, -0.25) is 9.59 Å². The van der Waals surface area contributed by atoms with Crippen LogP contribution in [0.25, 0.3) is 17.0 Å². The van der Waals surface area contributed by atoms with Crippen LogP contribution in [0.4, 0.5) is 10.1 Å². The molecule has 5 rings (SSSR count). The Morgan fingerprint density at radius 3 is 2.27 bits per heavy atom. The fraction of sp³-hybridized carbons (Fsp3) is 0.111. The molecule has 186 valence electrons. The third-order valence-corrected chi connectivity index (χ3v) is 6.66. The maximum Gasteiger partial charge on any atom is 0.331 e. The molecule has 0 N–H and O–H groups in total. The van der Waals surface area contributed by atoms with E-state index in [-0.39, 0.29) is 27.5 Å². The summed E-state index contributed by atoms with van der Waals surface area (Å²) in [5.41, 5.74) is 0.863. The van der Waals surface area contributed by atoms with E-state index >= 15 is 0 Å². The van der Waals surface area contributed by atoms with E-state index in [0.29, 0.717) is 29.2 Å². The summed E-state index contributed by atoms with van der Waals surface area (Å²) in [6, 6.07) is 14.8. The predicted molar refractivity (Wildman–Crippen MR) is 136 cm³/mol. The average molecular weight is 537 g/mol. The fourth-order valence-electron chi connectivity index (χ4n) is 4.26. The molecule has 0 fully saturated rings. The molecule has 0 saturated carbocycles. The van der Waals surface area contributed by atoms with Crippen LogP contribution >= 0.6 is 23.2 Å². The molecule has 2 aromatic heterocycles. The Balaban J connectivity index is 1.76. The first kappa shape index (κ1) is 24.7. The van der Waals surface area contributed by atoms with Gasteiger partial charge in [0.25, 0.3) is 11.6 Å². The van der Waals surface area contributed by atoms with Gasteiger partial charge in [-0.05, 0) is 54.8 Å². The van der Waals surface area contributed by atoms with Crippen molar-refractivity contribution in [3.63, 3.8) is 0 Å². The van der Waals surface area contributed by atoms with Gasteiger partial charge in [0, 0.05) is 17.7 Å². The van der Waals surface area contributed by atoms with Crippen LogP contribution < -0.4 is 14.6 Å². The van der Waals surface area contributed by atoms with Crippen molar-refractivity contribution in [2.75, 3.05) is 4.90 Å². The Kier molecular flexibility index (Phi) is 6.54. The lowest BCUT2D eigenvalue weighted by Crippen LogP contribution is -2.39. The molecule has 0 spiro atoms. The van der Waals surface area contributed by atoms with Gasteiger partial charge in [0.2, 0.25) is 0 Å². The SMILES string of the molecule is CCCc1nn(-c2ccc(Cl)c(Cl)c2)c([O-])c1C1=C([n+]2ccccc2)C(=O)N(c2ccc(F)cc2)C1=O. The number of carbonyl (C=O) groups excluding carboxylic acids is 2. The lowest BCUT2D eigenvalue weighted by molar-refractivity contribution is -0.576. The minimum absolute atomic E-state index is 0.00179. The number of imide groups is 1. The zero-order valence-corrected chi connectivity index (χ0v) is 21.0.